The highest BCUT2D eigenvalue weighted by molar-refractivity contribution is 7.89. The van der Waals surface area contributed by atoms with E-state index in [0.717, 1.165) is 17.3 Å². The van der Waals surface area contributed by atoms with Crippen LogP contribution < -0.4 is 9.62 Å². The first kappa shape index (κ1) is 17.6. The number of amides is 1. The second-order valence-electron chi connectivity index (χ2n) is 6.22. The number of carbonyl (C=O) groups is 1. The molecule has 1 aliphatic heterocycles. The van der Waals surface area contributed by atoms with Gasteiger partial charge in [-0.15, -0.1) is 0 Å². The van der Waals surface area contributed by atoms with Crippen molar-refractivity contribution in [3.63, 3.8) is 0 Å². The first-order valence-corrected chi connectivity index (χ1v) is 9.46. The average molecular weight is 362 g/mol. The second kappa shape index (κ2) is 6.93. The summed E-state index contributed by atoms with van der Waals surface area (Å²) >= 11 is 0. The summed E-state index contributed by atoms with van der Waals surface area (Å²) in [5.41, 5.74) is 1.92. The highest BCUT2D eigenvalue weighted by atomic mass is 32.2. The predicted octanol–water partition coefficient (Wildman–Crippen LogP) is 2.47. The van der Waals surface area contributed by atoms with Crippen LogP contribution in [0.5, 0.6) is 0 Å². The SMILES string of the molecule is Cc1ccc(N2C[C@@H](CNS(=O)(=O)c3cccc(F)c3)CC2=O)cc1. The molecule has 25 heavy (non-hydrogen) atoms. The molecule has 0 aromatic heterocycles. The van der Waals surface area contributed by atoms with Gasteiger partial charge in [0.25, 0.3) is 0 Å². The van der Waals surface area contributed by atoms with Crippen LogP contribution in [0.15, 0.2) is 53.4 Å². The molecule has 0 unspecified atom stereocenters. The molecule has 5 nitrogen and oxygen atoms in total. The minimum Gasteiger partial charge on any atom is -0.312 e. The van der Waals surface area contributed by atoms with Crippen molar-refractivity contribution in [3.05, 3.63) is 59.9 Å². The molecule has 2 aromatic rings. The van der Waals surface area contributed by atoms with E-state index in [1.165, 1.54) is 18.2 Å². The van der Waals surface area contributed by atoms with Crippen molar-refractivity contribution in [1.29, 1.82) is 0 Å². The Labute approximate surface area is 146 Å². The fourth-order valence-corrected chi connectivity index (χ4v) is 3.98. The molecule has 0 spiro atoms. The molecule has 132 valence electrons. The normalized spacial score (nSPS) is 17.9. The number of benzene rings is 2. The van der Waals surface area contributed by atoms with E-state index in [2.05, 4.69) is 4.72 Å². The first-order valence-electron chi connectivity index (χ1n) is 7.97. The average Bonchev–Trinajstić information content (AvgIpc) is 2.95. The Morgan fingerprint density at radius 3 is 2.60 bits per heavy atom. The van der Waals surface area contributed by atoms with Crippen LogP contribution in [0.4, 0.5) is 10.1 Å². The summed E-state index contributed by atoms with van der Waals surface area (Å²) in [6.45, 7) is 2.56. The predicted molar refractivity (Wildman–Crippen MR) is 93.2 cm³/mol. The van der Waals surface area contributed by atoms with Gasteiger partial charge >= 0.3 is 0 Å². The van der Waals surface area contributed by atoms with Crippen molar-refractivity contribution in [2.75, 3.05) is 18.0 Å². The molecular weight excluding hydrogens is 343 g/mol. The monoisotopic (exact) mass is 362 g/mol. The van der Waals surface area contributed by atoms with Gasteiger partial charge in [-0.2, -0.15) is 0 Å². The molecule has 1 saturated heterocycles. The minimum atomic E-state index is -3.80. The molecule has 7 heteroatoms. The molecule has 0 saturated carbocycles. The van der Waals surface area contributed by atoms with Crippen molar-refractivity contribution < 1.29 is 17.6 Å². The lowest BCUT2D eigenvalue weighted by atomic mass is 10.1. The van der Waals surface area contributed by atoms with Crippen LogP contribution in [-0.4, -0.2) is 27.4 Å². The smallest absolute Gasteiger partial charge is 0.240 e. The van der Waals surface area contributed by atoms with Crippen molar-refractivity contribution in [1.82, 2.24) is 4.72 Å². The molecule has 2 aromatic carbocycles. The lowest BCUT2D eigenvalue weighted by Crippen LogP contribution is -2.31. The number of nitrogens with one attached hydrogen (secondary N) is 1. The largest absolute Gasteiger partial charge is 0.312 e. The maximum atomic E-state index is 13.2. The van der Waals surface area contributed by atoms with Gasteiger partial charge in [0.2, 0.25) is 15.9 Å². The number of hydrogen-bond acceptors (Lipinski definition) is 3. The molecule has 1 aliphatic rings. The van der Waals surface area contributed by atoms with Gasteiger partial charge in [0.1, 0.15) is 5.82 Å². The number of carbonyl (C=O) groups excluding carboxylic acids is 1. The van der Waals surface area contributed by atoms with Crippen molar-refractivity contribution >= 4 is 21.6 Å². The van der Waals surface area contributed by atoms with Crippen LogP contribution in [0, 0.1) is 18.7 Å². The Morgan fingerprint density at radius 2 is 1.92 bits per heavy atom. The molecule has 3 rings (SSSR count). The molecule has 0 radical (unpaired) electrons. The lowest BCUT2D eigenvalue weighted by Gasteiger charge is -2.17. The number of aryl methyl sites for hydroxylation is 1. The van der Waals surface area contributed by atoms with Gasteiger partial charge in [0, 0.05) is 25.2 Å². The van der Waals surface area contributed by atoms with Gasteiger partial charge < -0.3 is 4.90 Å². The molecule has 1 heterocycles. The van der Waals surface area contributed by atoms with Crippen LogP contribution in [0.2, 0.25) is 0 Å². The van der Waals surface area contributed by atoms with Gasteiger partial charge in [-0.25, -0.2) is 17.5 Å². The highest BCUT2D eigenvalue weighted by Gasteiger charge is 2.31. The fourth-order valence-electron chi connectivity index (χ4n) is 2.84. The summed E-state index contributed by atoms with van der Waals surface area (Å²) < 4.78 is 40.2. The third-order valence-corrected chi connectivity index (χ3v) is 5.64. The Balaban J connectivity index is 1.65. The quantitative estimate of drug-likeness (QED) is 0.889. The topological polar surface area (TPSA) is 66.5 Å². The molecule has 1 fully saturated rings. The van der Waals surface area contributed by atoms with Gasteiger partial charge in [-0.05, 0) is 43.2 Å². The van der Waals surface area contributed by atoms with E-state index in [9.17, 15) is 17.6 Å². The van der Waals surface area contributed by atoms with Crippen LogP contribution in [0.25, 0.3) is 0 Å². The van der Waals surface area contributed by atoms with E-state index in [1.54, 1.807) is 4.90 Å². The molecule has 0 aliphatic carbocycles. The molecular formula is C18H19FN2O3S. The van der Waals surface area contributed by atoms with Crippen LogP contribution in [0.1, 0.15) is 12.0 Å². The Hall–Kier alpha value is -2.25. The van der Waals surface area contributed by atoms with E-state index in [1.807, 2.05) is 31.2 Å². The molecule has 1 atom stereocenters. The third-order valence-electron chi connectivity index (χ3n) is 4.22. The number of hydrogen-bond donors (Lipinski definition) is 1. The molecule has 1 N–H and O–H groups in total. The maximum Gasteiger partial charge on any atom is 0.240 e. The van der Waals surface area contributed by atoms with Crippen LogP contribution in [0.3, 0.4) is 0 Å². The maximum absolute atomic E-state index is 13.2. The number of nitrogens with zero attached hydrogens (tertiary/aromatic N) is 1. The van der Waals surface area contributed by atoms with E-state index >= 15 is 0 Å². The zero-order chi connectivity index (χ0) is 18.0. The fraction of sp³-hybridized carbons (Fsp3) is 0.278. The first-order chi connectivity index (χ1) is 11.8. The van der Waals surface area contributed by atoms with Crippen molar-refractivity contribution in [2.24, 2.45) is 5.92 Å². The van der Waals surface area contributed by atoms with Crippen molar-refractivity contribution in [3.8, 4) is 0 Å². The number of halogens is 1. The molecule has 1 amide bonds. The summed E-state index contributed by atoms with van der Waals surface area (Å²) in [7, 11) is -3.80. The number of rotatable bonds is 5. The standard InChI is InChI=1S/C18H19FN2O3S/c1-13-5-7-16(8-6-13)21-12-14(9-18(21)22)11-20-25(23,24)17-4-2-3-15(19)10-17/h2-8,10,14,20H,9,11-12H2,1H3/t14-/m1/s1. The van der Waals surface area contributed by atoms with Crippen LogP contribution >= 0.6 is 0 Å². The third kappa shape index (κ3) is 4.05. The van der Waals surface area contributed by atoms with Gasteiger partial charge in [-0.1, -0.05) is 23.8 Å². The van der Waals surface area contributed by atoms with E-state index < -0.39 is 15.8 Å². The minimum absolute atomic E-state index is 0.0289. The Kier molecular flexibility index (Phi) is 4.87. The number of anilines is 1. The zero-order valence-electron chi connectivity index (χ0n) is 13.8. The van der Waals surface area contributed by atoms with Gasteiger partial charge in [0.05, 0.1) is 4.90 Å². The van der Waals surface area contributed by atoms with Gasteiger partial charge in [-0.3, -0.25) is 4.79 Å². The summed E-state index contributed by atoms with van der Waals surface area (Å²) in [6, 6.07) is 12.5. The van der Waals surface area contributed by atoms with Crippen LogP contribution in [-0.2, 0) is 14.8 Å². The molecule has 0 bridgehead atoms. The zero-order valence-corrected chi connectivity index (χ0v) is 14.6. The summed E-state index contributed by atoms with van der Waals surface area (Å²) in [6.07, 6.45) is 0.277. The lowest BCUT2D eigenvalue weighted by molar-refractivity contribution is -0.117. The summed E-state index contributed by atoms with van der Waals surface area (Å²) in [5, 5.41) is 0. The highest BCUT2D eigenvalue weighted by Crippen LogP contribution is 2.25. The summed E-state index contributed by atoms with van der Waals surface area (Å²) in [4.78, 5) is 13.8. The summed E-state index contributed by atoms with van der Waals surface area (Å²) in [5.74, 6) is -0.764. The van der Waals surface area contributed by atoms with Gasteiger partial charge in [0.15, 0.2) is 0 Å². The Morgan fingerprint density at radius 1 is 1.20 bits per heavy atom. The van der Waals surface area contributed by atoms with E-state index in [-0.39, 0.29) is 29.7 Å². The second-order valence-corrected chi connectivity index (χ2v) is 7.99. The Bertz CT molecular complexity index is 881. The van der Waals surface area contributed by atoms with E-state index in [0.29, 0.717) is 6.54 Å². The van der Waals surface area contributed by atoms with E-state index in [4.69, 9.17) is 0 Å². The van der Waals surface area contributed by atoms with Crippen molar-refractivity contribution in [2.45, 2.75) is 18.2 Å². The number of sulfonamides is 1.